The van der Waals surface area contributed by atoms with Crippen molar-refractivity contribution in [3.8, 4) is 0 Å². The van der Waals surface area contributed by atoms with Crippen LogP contribution in [0.2, 0.25) is 5.02 Å². The van der Waals surface area contributed by atoms with E-state index in [1.807, 2.05) is 6.92 Å². The van der Waals surface area contributed by atoms with Gasteiger partial charge >= 0.3 is 0 Å². The molecular formula is C15H19ClFNO. The first-order valence-electron chi connectivity index (χ1n) is 6.58. The average molecular weight is 284 g/mol. The van der Waals surface area contributed by atoms with Crippen LogP contribution < -0.4 is 5.32 Å². The van der Waals surface area contributed by atoms with Crippen molar-refractivity contribution in [3.63, 3.8) is 0 Å². The maximum Gasteiger partial charge on any atom is 0.221 e. The maximum atomic E-state index is 13.3. The van der Waals surface area contributed by atoms with Crippen LogP contribution in [0.25, 0.3) is 0 Å². The Morgan fingerprint density at radius 1 is 1.53 bits per heavy atom. The Hall–Kier alpha value is -1.09. The van der Waals surface area contributed by atoms with Gasteiger partial charge < -0.3 is 5.32 Å². The third-order valence-electron chi connectivity index (χ3n) is 3.92. The van der Waals surface area contributed by atoms with E-state index in [1.165, 1.54) is 6.07 Å². The van der Waals surface area contributed by atoms with Crippen LogP contribution in [0.5, 0.6) is 0 Å². The summed E-state index contributed by atoms with van der Waals surface area (Å²) in [6, 6.07) is 4.82. The zero-order valence-electron chi connectivity index (χ0n) is 11.5. The normalized spacial score (nSPS) is 26.8. The SMILES string of the molecule is CC(C)CC1NC(=O)CC1(C)c1ccc(F)c(Cl)c1. The molecule has 19 heavy (non-hydrogen) atoms. The van der Waals surface area contributed by atoms with Gasteiger partial charge in [-0.25, -0.2) is 4.39 Å². The molecule has 0 aliphatic carbocycles. The molecule has 1 fully saturated rings. The van der Waals surface area contributed by atoms with Crippen molar-refractivity contribution in [1.82, 2.24) is 5.32 Å². The summed E-state index contributed by atoms with van der Waals surface area (Å²) >= 11 is 5.86. The Kier molecular flexibility index (Phi) is 3.86. The fourth-order valence-electron chi connectivity index (χ4n) is 2.81. The third kappa shape index (κ3) is 2.76. The number of carbonyl (C=O) groups is 1. The van der Waals surface area contributed by atoms with Gasteiger partial charge in [-0.1, -0.05) is 38.4 Å². The summed E-state index contributed by atoms with van der Waals surface area (Å²) < 4.78 is 13.3. The van der Waals surface area contributed by atoms with Gasteiger partial charge in [0.05, 0.1) is 5.02 Å². The number of rotatable bonds is 3. The van der Waals surface area contributed by atoms with Crippen LogP contribution >= 0.6 is 11.6 Å². The van der Waals surface area contributed by atoms with E-state index in [9.17, 15) is 9.18 Å². The highest BCUT2D eigenvalue weighted by Gasteiger charge is 2.44. The van der Waals surface area contributed by atoms with E-state index in [0.717, 1.165) is 12.0 Å². The second-order valence-electron chi connectivity index (χ2n) is 5.97. The van der Waals surface area contributed by atoms with Crippen LogP contribution in [0.1, 0.15) is 39.2 Å². The zero-order chi connectivity index (χ0) is 14.2. The molecule has 1 amide bonds. The molecule has 2 atom stereocenters. The van der Waals surface area contributed by atoms with E-state index < -0.39 is 5.82 Å². The fourth-order valence-corrected chi connectivity index (χ4v) is 2.99. The number of hydrogen-bond donors (Lipinski definition) is 1. The van der Waals surface area contributed by atoms with Crippen LogP contribution in [-0.2, 0) is 10.2 Å². The van der Waals surface area contributed by atoms with E-state index >= 15 is 0 Å². The molecule has 1 saturated heterocycles. The summed E-state index contributed by atoms with van der Waals surface area (Å²) in [5, 5.41) is 3.14. The molecule has 0 saturated carbocycles. The predicted octanol–water partition coefficient (Wildman–Crippen LogP) is 3.67. The highest BCUT2D eigenvalue weighted by atomic mass is 35.5. The second-order valence-corrected chi connectivity index (χ2v) is 6.38. The molecule has 2 unspecified atom stereocenters. The van der Waals surface area contributed by atoms with Gasteiger partial charge in [-0.05, 0) is 30.0 Å². The summed E-state index contributed by atoms with van der Waals surface area (Å²) in [5.41, 5.74) is 0.599. The lowest BCUT2D eigenvalue weighted by atomic mass is 9.73. The van der Waals surface area contributed by atoms with Crippen molar-refractivity contribution < 1.29 is 9.18 Å². The molecule has 0 radical (unpaired) electrons. The van der Waals surface area contributed by atoms with Crippen molar-refractivity contribution in [2.24, 2.45) is 5.92 Å². The lowest BCUT2D eigenvalue weighted by molar-refractivity contribution is -0.119. The molecule has 0 spiro atoms. The van der Waals surface area contributed by atoms with Crippen molar-refractivity contribution in [3.05, 3.63) is 34.6 Å². The van der Waals surface area contributed by atoms with Gasteiger partial charge in [-0.3, -0.25) is 4.79 Å². The molecule has 1 aromatic carbocycles. The maximum absolute atomic E-state index is 13.3. The Balaban J connectivity index is 2.37. The van der Waals surface area contributed by atoms with E-state index in [-0.39, 0.29) is 22.4 Å². The Morgan fingerprint density at radius 3 is 2.79 bits per heavy atom. The van der Waals surface area contributed by atoms with Gasteiger partial charge in [0.15, 0.2) is 0 Å². The van der Waals surface area contributed by atoms with Crippen LogP contribution in [0, 0.1) is 11.7 Å². The largest absolute Gasteiger partial charge is 0.352 e. The Labute approximate surface area is 118 Å². The molecule has 0 aromatic heterocycles. The lowest BCUT2D eigenvalue weighted by Crippen LogP contribution is -2.39. The fraction of sp³-hybridized carbons (Fsp3) is 0.533. The average Bonchev–Trinajstić information content (AvgIpc) is 2.58. The quantitative estimate of drug-likeness (QED) is 0.901. The first-order chi connectivity index (χ1) is 8.83. The monoisotopic (exact) mass is 283 g/mol. The third-order valence-corrected chi connectivity index (χ3v) is 4.21. The van der Waals surface area contributed by atoms with Crippen molar-refractivity contribution in [2.75, 3.05) is 0 Å². The Morgan fingerprint density at radius 2 is 2.21 bits per heavy atom. The van der Waals surface area contributed by atoms with Crippen molar-refractivity contribution in [2.45, 2.75) is 45.1 Å². The number of amides is 1. The summed E-state index contributed by atoms with van der Waals surface area (Å²) in [7, 11) is 0. The first-order valence-corrected chi connectivity index (χ1v) is 6.95. The molecule has 2 rings (SSSR count). The van der Waals surface area contributed by atoms with Crippen molar-refractivity contribution in [1.29, 1.82) is 0 Å². The lowest BCUT2D eigenvalue weighted by Gasteiger charge is -2.32. The minimum atomic E-state index is -0.424. The van der Waals surface area contributed by atoms with Gasteiger partial charge in [0.25, 0.3) is 0 Å². The molecule has 1 aliphatic heterocycles. The van der Waals surface area contributed by atoms with E-state index in [4.69, 9.17) is 11.6 Å². The van der Waals surface area contributed by atoms with Crippen molar-refractivity contribution >= 4 is 17.5 Å². The molecule has 1 aromatic rings. The molecule has 0 bridgehead atoms. The van der Waals surface area contributed by atoms with Crippen LogP contribution in [-0.4, -0.2) is 11.9 Å². The number of hydrogen-bond acceptors (Lipinski definition) is 1. The first kappa shape index (κ1) is 14.3. The number of benzene rings is 1. The molecular weight excluding hydrogens is 265 g/mol. The summed E-state index contributed by atoms with van der Waals surface area (Å²) in [6.07, 6.45) is 1.32. The van der Waals surface area contributed by atoms with Gasteiger partial charge in [0, 0.05) is 17.9 Å². The molecule has 4 heteroatoms. The van der Waals surface area contributed by atoms with E-state index in [2.05, 4.69) is 19.2 Å². The minimum Gasteiger partial charge on any atom is -0.352 e. The van der Waals surface area contributed by atoms with Crippen LogP contribution in [0.3, 0.4) is 0 Å². The van der Waals surface area contributed by atoms with E-state index in [1.54, 1.807) is 12.1 Å². The highest BCUT2D eigenvalue weighted by molar-refractivity contribution is 6.30. The van der Waals surface area contributed by atoms with Crippen LogP contribution in [0.4, 0.5) is 4.39 Å². The summed E-state index contributed by atoms with van der Waals surface area (Å²) in [4.78, 5) is 11.8. The number of halogens is 2. The minimum absolute atomic E-state index is 0.0496. The predicted molar refractivity (Wildman–Crippen MR) is 74.8 cm³/mol. The topological polar surface area (TPSA) is 29.1 Å². The number of nitrogens with one attached hydrogen (secondary N) is 1. The zero-order valence-corrected chi connectivity index (χ0v) is 12.2. The Bertz CT molecular complexity index is 503. The smallest absolute Gasteiger partial charge is 0.221 e. The molecule has 2 nitrogen and oxygen atoms in total. The molecule has 1 aliphatic rings. The highest BCUT2D eigenvalue weighted by Crippen LogP contribution is 2.39. The van der Waals surface area contributed by atoms with Gasteiger partial charge in [-0.2, -0.15) is 0 Å². The van der Waals surface area contributed by atoms with Crippen LogP contribution in [0.15, 0.2) is 18.2 Å². The van der Waals surface area contributed by atoms with Gasteiger partial charge in [-0.15, -0.1) is 0 Å². The summed E-state index contributed by atoms with van der Waals surface area (Å²) in [6.45, 7) is 6.30. The second kappa shape index (κ2) is 5.12. The molecule has 104 valence electrons. The van der Waals surface area contributed by atoms with E-state index in [0.29, 0.717) is 12.3 Å². The van der Waals surface area contributed by atoms with Gasteiger partial charge in [0.1, 0.15) is 5.82 Å². The standard InChI is InChI=1S/C15H19ClFNO/c1-9(2)6-13-15(3,8-14(19)18-13)10-4-5-12(17)11(16)7-10/h4-5,7,9,13H,6,8H2,1-3H3,(H,18,19). The summed E-state index contributed by atoms with van der Waals surface area (Å²) in [5.74, 6) is 0.110. The number of carbonyl (C=O) groups excluding carboxylic acids is 1. The molecule has 1 N–H and O–H groups in total. The molecule has 1 heterocycles. The van der Waals surface area contributed by atoms with Gasteiger partial charge in [0.2, 0.25) is 5.91 Å².